The summed E-state index contributed by atoms with van der Waals surface area (Å²) in [5, 5.41) is 56.3. The third-order valence-electron chi connectivity index (χ3n) is 11.8. The molecule has 0 unspecified atom stereocenters. The van der Waals surface area contributed by atoms with Gasteiger partial charge >= 0.3 is 5.97 Å². The minimum Gasteiger partial charge on any atom is -0.456 e. The molecule has 8 heteroatoms. The maximum absolute atomic E-state index is 13.5. The van der Waals surface area contributed by atoms with Crippen molar-refractivity contribution in [3.8, 4) is 0 Å². The quantitative estimate of drug-likeness (QED) is 0.305. The number of aliphatic hydroxyl groups excluding tert-OH is 2. The predicted octanol–water partition coefficient (Wildman–Crippen LogP) is 3.72. The third kappa shape index (κ3) is 4.97. The molecule has 0 spiro atoms. The molecule has 5 N–H and O–H groups in total. The van der Waals surface area contributed by atoms with Gasteiger partial charge in [-0.2, -0.15) is 0 Å². The molecule has 10 atom stereocenters. The first-order valence-corrected chi connectivity index (χ1v) is 15.5. The van der Waals surface area contributed by atoms with Crippen molar-refractivity contribution in [1.82, 2.24) is 0 Å². The average molecular weight is 585 g/mol. The lowest BCUT2D eigenvalue weighted by Crippen LogP contribution is -2.63. The first-order chi connectivity index (χ1) is 19.4. The Labute approximate surface area is 248 Å². The molecule has 0 radical (unpaired) electrons. The molecule has 5 rings (SSSR count). The lowest BCUT2D eigenvalue weighted by atomic mass is 9.45. The SMILES string of the molecule is CC(C)(O)CC[C@H](OC(=O)c1ccccc1)[C@](C)(O)[C@@H]1CC[C@]2(O)C3=CC(=O)[C@@H]4C[C@H](O)[C@@H](O)C[C@]4(C)[C@H]3CC[C@@]12C. The zero-order chi connectivity index (χ0) is 30.9. The van der Waals surface area contributed by atoms with E-state index >= 15 is 0 Å². The van der Waals surface area contributed by atoms with Crippen molar-refractivity contribution in [2.45, 2.75) is 121 Å². The van der Waals surface area contributed by atoms with E-state index in [1.165, 1.54) is 0 Å². The van der Waals surface area contributed by atoms with Crippen LogP contribution in [0.1, 0.15) is 96.3 Å². The number of ketones is 1. The molecule has 8 nitrogen and oxygen atoms in total. The summed E-state index contributed by atoms with van der Waals surface area (Å²) < 4.78 is 6.00. The highest BCUT2D eigenvalue weighted by Crippen LogP contribution is 2.68. The van der Waals surface area contributed by atoms with Gasteiger partial charge in [-0.25, -0.2) is 4.79 Å². The molecule has 0 saturated heterocycles. The molecule has 42 heavy (non-hydrogen) atoms. The zero-order valence-corrected chi connectivity index (χ0v) is 25.5. The van der Waals surface area contributed by atoms with Crippen LogP contribution < -0.4 is 0 Å². The van der Waals surface area contributed by atoms with Crippen LogP contribution in [-0.2, 0) is 9.53 Å². The Balaban J connectivity index is 1.48. The number of fused-ring (bicyclic) bond motifs is 5. The Morgan fingerprint density at radius 3 is 2.33 bits per heavy atom. The fourth-order valence-electron chi connectivity index (χ4n) is 9.26. The van der Waals surface area contributed by atoms with E-state index in [0.717, 1.165) is 0 Å². The number of hydrogen-bond acceptors (Lipinski definition) is 8. The Morgan fingerprint density at radius 2 is 1.69 bits per heavy atom. The van der Waals surface area contributed by atoms with E-state index in [0.29, 0.717) is 43.2 Å². The average Bonchev–Trinajstić information content (AvgIpc) is 3.20. The molecule has 0 heterocycles. The third-order valence-corrected chi connectivity index (χ3v) is 11.8. The second kappa shape index (κ2) is 10.5. The predicted molar refractivity (Wildman–Crippen MR) is 156 cm³/mol. The highest BCUT2D eigenvalue weighted by atomic mass is 16.6. The first-order valence-electron chi connectivity index (χ1n) is 15.5. The standard InChI is InChI=1S/C34H48O8/c1-30(2,39)14-13-28(42-29(38)20-9-7-6-8-10-20)33(5,40)27-12-16-34(41)22-17-24(35)23-18-25(36)26(37)19-31(23,3)21(22)11-15-32(27,34)4/h6-10,17,21,23,25-28,36-37,39-41H,11-16,18-19H2,1-5H3/t21-,23-,25-,26-,27+,28-,31+,32-,33+,34-/m0/s1. The Hall–Kier alpha value is -2.10. The highest BCUT2D eigenvalue weighted by molar-refractivity contribution is 5.95. The monoisotopic (exact) mass is 584 g/mol. The van der Waals surface area contributed by atoms with Gasteiger partial charge < -0.3 is 30.3 Å². The van der Waals surface area contributed by atoms with Gasteiger partial charge in [0.05, 0.1) is 29.0 Å². The highest BCUT2D eigenvalue weighted by Gasteiger charge is 2.69. The van der Waals surface area contributed by atoms with Crippen molar-refractivity contribution in [1.29, 1.82) is 0 Å². The van der Waals surface area contributed by atoms with E-state index in [1.54, 1.807) is 57.2 Å². The van der Waals surface area contributed by atoms with Crippen molar-refractivity contribution in [3.05, 3.63) is 47.5 Å². The summed E-state index contributed by atoms with van der Waals surface area (Å²) >= 11 is 0. The van der Waals surface area contributed by atoms with E-state index in [-0.39, 0.29) is 31.0 Å². The second-order valence-corrected chi connectivity index (χ2v) is 14.9. The fraction of sp³-hybridized carbons (Fsp3) is 0.706. The smallest absolute Gasteiger partial charge is 0.338 e. The Morgan fingerprint density at radius 1 is 1.02 bits per heavy atom. The maximum Gasteiger partial charge on any atom is 0.338 e. The number of allylic oxidation sites excluding steroid dienone is 1. The van der Waals surface area contributed by atoms with Gasteiger partial charge in [0.15, 0.2) is 5.78 Å². The molecule has 4 aliphatic rings. The van der Waals surface area contributed by atoms with Crippen molar-refractivity contribution in [3.63, 3.8) is 0 Å². The van der Waals surface area contributed by atoms with Crippen LogP contribution in [0.2, 0.25) is 0 Å². The van der Waals surface area contributed by atoms with Crippen molar-refractivity contribution >= 4 is 11.8 Å². The zero-order valence-electron chi connectivity index (χ0n) is 25.5. The van der Waals surface area contributed by atoms with Crippen LogP contribution in [-0.4, -0.2) is 72.4 Å². The van der Waals surface area contributed by atoms with Crippen molar-refractivity contribution < 1.29 is 39.9 Å². The molecule has 4 aliphatic carbocycles. The first kappa shape index (κ1) is 31.3. The maximum atomic E-state index is 13.5. The van der Waals surface area contributed by atoms with E-state index in [2.05, 4.69) is 0 Å². The summed E-state index contributed by atoms with van der Waals surface area (Å²) in [7, 11) is 0. The van der Waals surface area contributed by atoms with Crippen LogP contribution in [0.5, 0.6) is 0 Å². The van der Waals surface area contributed by atoms with Crippen LogP contribution >= 0.6 is 0 Å². The summed E-state index contributed by atoms with van der Waals surface area (Å²) in [6.45, 7) is 9.00. The number of carbonyl (C=O) groups excluding carboxylic acids is 2. The number of carbonyl (C=O) groups is 2. The van der Waals surface area contributed by atoms with Crippen LogP contribution in [0.15, 0.2) is 42.0 Å². The van der Waals surface area contributed by atoms with Gasteiger partial charge in [-0.1, -0.05) is 32.0 Å². The van der Waals surface area contributed by atoms with Gasteiger partial charge in [0, 0.05) is 11.3 Å². The van der Waals surface area contributed by atoms with Gasteiger partial charge in [0.1, 0.15) is 11.7 Å². The Bertz CT molecular complexity index is 1230. The molecule has 3 fully saturated rings. The van der Waals surface area contributed by atoms with Gasteiger partial charge in [0.2, 0.25) is 0 Å². The largest absolute Gasteiger partial charge is 0.456 e. The number of benzene rings is 1. The van der Waals surface area contributed by atoms with Gasteiger partial charge in [0.25, 0.3) is 0 Å². The lowest BCUT2D eigenvalue weighted by Gasteiger charge is -2.60. The molecule has 0 aromatic heterocycles. The fourth-order valence-corrected chi connectivity index (χ4v) is 9.26. The van der Waals surface area contributed by atoms with Crippen molar-refractivity contribution in [2.75, 3.05) is 0 Å². The summed E-state index contributed by atoms with van der Waals surface area (Å²) in [5.41, 5.74) is -4.30. The number of aliphatic hydroxyl groups is 5. The Kier molecular flexibility index (Phi) is 7.84. The molecule has 3 saturated carbocycles. The van der Waals surface area contributed by atoms with Gasteiger partial charge in [-0.15, -0.1) is 0 Å². The van der Waals surface area contributed by atoms with Gasteiger partial charge in [-0.05, 0) is 113 Å². The van der Waals surface area contributed by atoms with Crippen molar-refractivity contribution in [2.24, 2.45) is 28.6 Å². The number of rotatable bonds is 7. The van der Waals surface area contributed by atoms with E-state index in [4.69, 9.17) is 4.74 Å². The molecule has 1 aromatic carbocycles. The van der Waals surface area contributed by atoms with Crippen LogP contribution in [0, 0.1) is 28.6 Å². The topological polar surface area (TPSA) is 145 Å². The van der Waals surface area contributed by atoms with E-state index < -0.39 is 63.8 Å². The van der Waals surface area contributed by atoms with Crippen LogP contribution in [0.4, 0.5) is 0 Å². The summed E-state index contributed by atoms with van der Waals surface area (Å²) in [5.74, 6) is -1.70. The summed E-state index contributed by atoms with van der Waals surface area (Å²) in [6.07, 6.45) is 1.84. The molecule has 0 bridgehead atoms. The van der Waals surface area contributed by atoms with E-state index in [9.17, 15) is 35.1 Å². The molecule has 0 amide bonds. The van der Waals surface area contributed by atoms with Crippen LogP contribution in [0.3, 0.4) is 0 Å². The molecular formula is C34H48O8. The molecule has 1 aromatic rings. The second-order valence-electron chi connectivity index (χ2n) is 14.9. The summed E-state index contributed by atoms with van der Waals surface area (Å²) in [4.78, 5) is 26.7. The summed E-state index contributed by atoms with van der Waals surface area (Å²) in [6, 6.07) is 8.60. The number of ether oxygens (including phenoxy) is 1. The van der Waals surface area contributed by atoms with Gasteiger partial charge in [-0.3, -0.25) is 4.79 Å². The lowest BCUT2D eigenvalue weighted by molar-refractivity contribution is -0.177. The number of hydrogen-bond donors (Lipinski definition) is 5. The molecule has 0 aliphatic heterocycles. The minimum absolute atomic E-state index is 0.123. The normalized spacial score (nSPS) is 40.2. The minimum atomic E-state index is -1.54. The molecule has 232 valence electrons. The number of esters is 1. The van der Waals surface area contributed by atoms with Crippen LogP contribution in [0.25, 0.3) is 0 Å². The van der Waals surface area contributed by atoms with E-state index in [1.807, 2.05) is 13.8 Å². The molecular weight excluding hydrogens is 536 g/mol.